The van der Waals surface area contributed by atoms with Crippen LogP contribution in [0.1, 0.15) is 0 Å². The molecule has 0 saturated heterocycles. The summed E-state index contributed by atoms with van der Waals surface area (Å²) in [4.78, 5) is 1.29. The van der Waals surface area contributed by atoms with Gasteiger partial charge in [-0.15, -0.1) is 0 Å². The Morgan fingerprint density at radius 3 is 2.35 bits per heavy atom. The van der Waals surface area contributed by atoms with Gasteiger partial charge in [-0.25, -0.2) is 8.78 Å². The van der Waals surface area contributed by atoms with Gasteiger partial charge in [-0.3, -0.25) is 0 Å². The van der Waals surface area contributed by atoms with E-state index in [1.165, 1.54) is 23.9 Å². The smallest absolute Gasteiger partial charge is 0.140 e. The average molecular weight is 363 g/mol. The number of anilines is 1. The summed E-state index contributed by atoms with van der Waals surface area (Å²) in [5, 5.41) is 0. The monoisotopic (exact) mass is 363 g/mol. The lowest BCUT2D eigenvalue weighted by Gasteiger charge is -2.06. The molecule has 0 spiro atoms. The van der Waals surface area contributed by atoms with E-state index in [0.717, 1.165) is 14.5 Å². The first kappa shape index (κ1) is 12.6. The molecule has 0 fully saturated rings. The summed E-state index contributed by atoms with van der Waals surface area (Å²) in [5.41, 5.74) is 6.30. The highest BCUT2D eigenvalue weighted by molar-refractivity contribution is 14.1. The average Bonchev–Trinajstić information content (AvgIpc) is 2.25. The number of benzene rings is 2. The molecule has 2 N–H and O–H groups in total. The summed E-state index contributed by atoms with van der Waals surface area (Å²) in [6.07, 6.45) is 0. The maximum Gasteiger partial charge on any atom is 0.140 e. The molecule has 0 radical (unpaired) electrons. The summed E-state index contributed by atoms with van der Waals surface area (Å²) >= 11 is 3.39. The molecule has 2 aromatic rings. The summed E-state index contributed by atoms with van der Waals surface area (Å²) in [5.74, 6) is -1.12. The highest BCUT2D eigenvalue weighted by Crippen LogP contribution is 2.33. The third kappa shape index (κ3) is 3.10. The van der Waals surface area contributed by atoms with Crippen molar-refractivity contribution in [3.63, 3.8) is 0 Å². The van der Waals surface area contributed by atoms with Crippen molar-refractivity contribution in [2.24, 2.45) is 0 Å². The van der Waals surface area contributed by atoms with Crippen LogP contribution in [-0.4, -0.2) is 0 Å². The van der Waals surface area contributed by atoms with Gasteiger partial charge in [0.25, 0.3) is 0 Å². The third-order valence-electron chi connectivity index (χ3n) is 2.07. The number of hydrogen-bond acceptors (Lipinski definition) is 2. The van der Waals surface area contributed by atoms with Crippen molar-refractivity contribution in [2.45, 2.75) is 9.79 Å². The van der Waals surface area contributed by atoms with Gasteiger partial charge in [-0.05, 0) is 52.9 Å². The minimum atomic E-state index is -0.571. The normalized spacial score (nSPS) is 10.5. The van der Waals surface area contributed by atoms with Crippen LogP contribution < -0.4 is 5.73 Å². The second-order valence-electron chi connectivity index (χ2n) is 3.37. The Labute approximate surface area is 116 Å². The first-order valence-corrected chi connectivity index (χ1v) is 6.64. The number of nitrogen functional groups attached to an aromatic ring is 1. The lowest BCUT2D eigenvalue weighted by atomic mass is 10.3. The van der Waals surface area contributed by atoms with Gasteiger partial charge < -0.3 is 5.73 Å². The number of halogens is 3. The van der Waals surface area contributed by atoms with Gasteiger partial charge in [0.05, 0.1) is 0 Å². The molecule has 5 heteroatoms. The van der Waals surface area contributed by atoms with Gasteiger partial charge >= 0.3 is 0 Å². The molecule has 0 heterocycles. The fourth-order valence-corrected chi connectivity index (χ4v) is 2.97. The fourth-order valence-electron chi connectivity index (χ4n) is 1.28. The predicted octanol–water partition coefficient (Wildman–Crippen LogP) is 4.30. The first-order valence-electron chi connectivity index (χ1n) is 4.74. The molecule has 0 atom stereocenters. The molecule has 1 nitrogen and oxygen atoms in total. The van der Waals surface area contributed by atoms with E-state index in [0.29, 0.717) is 10.6 Å². The van der Waals surface area contributed by atoms with Crippen LogP contribution in [0.4, 0.5) is 14.5 Å². The van der Waals surface area contributed by atoms with E-state index < -0.39 is 11.6 Å². The van der Waals surface area contributed by atoms with Crippen molar-refractivity contribution in [3.05, 3.63) is 51.6 Å². The molecule has 2 aromatic carbocycles. The molecule has 0 bridgehead atoms. The topological polar surface area (TPSA) is 26.0 Å². The standard InChI is InChI=1S/C12H8F2INS/c13-7-1-3-11(9(14)5-7)17-12-4-2-8(16)6-10(12)15/h1-6H,16H2. The zero-order valence-electron chi connectivity index (χ0n) is 8.58. The van der Waals surface area contributed by atoms with E-state index in [1.807, 2.05) is 12.1 Å². The van der Waals surface area contributed by atoms with Gasteiger partial charge in [0.15, 0.2) is 0 Å². The Kier molecular flexibility index (Phi) is 3.88. The Morgan fingerprint density at radius 1 is 1.00 bits per heavy atom. The largest absolute Gasteiger partial charge is 0.399 e. The van der Waals surface area contributed by atoms with E-state index in [2.05, 4.69) is 22.6 Å². The van der Waals surface area contributed by atoms with Gasteiger partial charge in [0.1, 0.15) is 11.6 Å². The Hall–Kier alpha value is -0.820. The molecule has 2 rings (SSSR count). The van der Waals surface area contributed by atoms with E-state index in [4.69, 9.17) is 5.73 Å². The summed E-state index contributed by atoms with van der Waals surface area (Å²) in [7, 11) is 0. The zero-order chi connectivity index (χ0) is 12.4. The third-order valence-corrected chi connectivity index (χ3v) is 4.46. The van der Waals surface area contributed by atoms with Crippen molar-refractivity contribution in [2.75, 3.05) is 5.73 Å². The minimum absolute atomic E-state index is 0.397. The van der Waals surface area contributed by atoms with Gasteiger partial charge in [0, 0.05) is 25.1 Å². The second-order valence-corrected chi connectivity index (χ2v) is 5.61. The fraction of sp³-hybridized carbons (Fsp3) is 0. The van der Waals surface area contributed by atoms with E-state index >= 15 is 0 Å². The van der Waals surface area contributed by atoms with Crippen molar-refractivity contribution in [1.82, 2.24) is 0 Å². The summed E-state index contributed by atoms with van der Waals surface area (Å²) in [6, 6.07) is 8.95. The number of rotatable bonds is 2. The number of hydrogen-bond donors (Lipinski definition) is 1. The van der Waals surface area contributed by atoms with Crippen LogP contribution in [0.15, 0.2) is 46.2 Å². The van der Waals surface area contributed by atoms with Crippen molar-refractivity contribution in [3.8, 4) is 0 Å². The van der Waals surface area contributed by atoms with Gasteiger partial charge in [0.2, 0.25) is 0 Å². The molecule has 0 amide bonds. The van der Waals surface area contributed by atoms with Crippen molar-refractivity contribution < 1.29 is 8.78 Å². The van der Waals surface area contributed by atoms with Crippen molar-refractivity contribution in [1.29, 1.82) is 0 Å². The van der Waals surface area contributed by atoms with Crippen LogP contribution in [0.5, 0.6) is 0 Å². The van der Waals surface area contributed by atoms with Crippen LogP contribution in [0.25, 0.3) is 0 Å². The molecule has 0 aliphatic rings. The van der Waals surface area contributed by atoms with E-state index in [1.54, 1.807) is 6.07 Å². The van der Waals surface area contributed by atoms with Crippen LogP contribution >= 0.6 is 34.4 Å². The highest BCUT2D eigenvalue weighted by Gasteiger charge is 2.08. The molecular weight excluding hydrogens is 355 g/mol. The number of nitrogens with two attached hydrogens (primary N) is 1. The maximum atomic E-state index is 13.5. The molecule has 0 unspecified atom stereocenters. The van der Waals surface area contributed by atoms with E-state index in [9.17, 15) is 8.78 Å². The quantitative estimate of drug-likeness (QED) is 0.636. The SMILES string of the molecule is Nc1ccc(Sc2ccc(F)cc2F)c(I)c1. The lowest BCUT2D eigenvalue weighted by Crippen LogP contribution is -1.88. The molecule has 0 aliphatic heterocycles. The van der Waals surface area contributed by atoms with Crippen molar-refractivity contribution >= 4 is 40.0 Å². The summed E-state index contributed by atoms with van der Waals surface area (Å²) < 4.78 is 27.2. The Morgan fingerprint density at radius 2 is 1.71 bits per heavy atom. The minimum Gasteiger partial charge on any atom is -0.399 e. The molecular formula is C12H8F2INS. The molecule has 88 valence electrons. The van der Waals surface area contributed by atoms with Crippen LogP contribution in [0.3, 0.4) is 0 Å². The van der Waals surface area contributed by atoms with Gasteiger partial charge in [-0.2, -0.15) is 0 Å². The molecule has 0 aromatic heterocycles. The highest BCUT2D eigenvalue weighted by atomic mass is 127. The Balaban J connectivity index is 2.31. The molecule has 0 saturated carbocycles. The van der Waals surface area contributed by atoms with E-state index in [-0.39, 0.29) is 0 Å². The van der Waals surface area contributed by atoms with Crippen LogP contribution in [-0.2, 0) is 0 Å². The molecule has 17 heavy (non-hydrogen) atoms. The van der Waals surface area contributed by atoms with Crippen LogP contribution in [0.2, 0.25) is 0 Å². The van der Waals surface area contributed by atoms with Crippen LogP contribution in [0, 0.1) is 15.2 Å². The summed E-state index contributed by atoms with van der Waals surface area (Å²) in [6.45, 7) is 0. The van der Waals surface area contributed by atoms with Gasteiger partial charge in [-0.1, -0.05) is 11.8 Å². The lowest BCUT2D eigenvalue weighted by molar-refractivity contribution is 0.565. The predicted molar refractivity (Wildman–Crippen MR) is 74.1 cm³/mol. The molecule has 0 aliphatic carbocycles. The first-order chi connectivity index (χ1) is 8.06. The maximum absolute atomic E-state index is 13.5. The Bertz CT molecular complexity index is 511. The zero-order valence-corrected chi connectivity index (χ0v) is 11.6. The second kappa shape index (κ2) is 5.22.